The summed E-state index contributed by atoms with van der Waals surface area (Å²) in [6, 6.07) is 7.79. The van der Waals surface area contributed by atoms with E-state index in [-0.39, 0.29) is 6.61 Å². The second kappa shape index (κ2) is 9.05. The van der Waals surface area contributed by atoms with Gasteiger partial charge in [-0.1, -0.05) is 29.8 Å². The van der Waals surface area contributed by atoms with Crippen molar-refractivity contribution < 1.29 is 19.3 Å². The Labute approximate surface area is 108 Å². The number of aliphatic hydroxyl groups excluding tert-OH is 1. The second-order valence-electron chi connectivity index (χ2n) is 4.11. The van der Waals surface area contributed by atoms with Gasteiger partial charge in [0.25, 0.3) is 0 Å². The van der Waals surface area contributed by atoms with Crippen LogP contribution < -0.4 is 0 Å². The molecule has 18 heavy (non-hydrogen) atoms. The summed E-state index contributed by atoms with van der Waals surface area (Å²) in [5.41, 5.74) is 2.02. The Hall–Kier alpha value is -0.940. The van der Waals surface area contributed by atoms with Gasteiger partial charge in [-0.05, 0) is 12.5 Å². The Morgan fingerprint density at radius 3 is 2.56 bits per heavy atom. The summed E-state index contributed by atoms with van der Waals surface area (Å²) < 4.78 is 15.5. The van der Waals surface area contributed by atoms with Crippen molar-refractivity contribution >= 4 is 0 Å². The Kier molecular flexibility index (Phi) is 7.60. The van der Waals surface area contributed by atoms with Crippen LogP contribution in [0.1, 0.15) is 17.2 Å². The third kappa shape index (κ3) is 6.12. The number of aryl methyl sites for hydroxylation is 1. The molecule has 1 rings (SSSR count). The summed E-state index contributed by atoms with van der Waals surface area (Å²) in [4.78, 5) is 0. The van der Waals surface area contributed by atoms with Crippen LogP contribution in [-0.4, -0.2) is 45.3 Å². The third-order valence-corrected chi connectivity index (χ3v) is 2.51. The molecule has 0 aliphatic carbocycles. The van der Waals surface area contributed by atoms with E-state index in [0.29, 0.717) is 26.4 Å². The van der Waals surface area contributed by atoms with Crippen molar-refractivity contribution in [2.45, 2.75) is 13.0 Å². The van der Waals surface area contributed by atoms with Crippen LogP contribution in [0.15, 0.2) is 24.3 Å². The molecule has 0 aliphatic rings. The van der Waals surface area contributed by atoms with Crippen LogP contribution in [0.4, 0.5) is 0 Å². The fourth-order valence-electron chi connectivity index (χ4n) is 1.53. The minimum atomic E-state index is -0.580. The Bertz CT molecular complexity index is 327. The molecule has 1 aromatic rings. The first-order chi connectivity index (χ1) is 8.74. The zero-order valence-electron chi connectivity index (χ0n) is 11.1. The molecular formula is C14H22O4. The molecule has 4 heteroatoms. The normalized spacial score (nSPS) is 12.6. The van der Waals surface area contributed by atoms with Gasteiger partial charge < -0.3 is 19.3 Å². The van der Waals surface area contributed by atoms with Gasteiger partial charge in [0.15, 0.2) is 0 Å². The predicted octanol–water partition coefficient (Wildman–Crippen LogP) is 1.71. The third-order valence-electron chi connectivity index (χ3n) is 2.51. The number of hydrogen-bond acceptors (Lipinski definition) is 4. The first kappa shape index (κ1) is 15.1. The lowest BCUT2D eigenvalue weighted by atomic mass is 10.1. The van der Waals surface area contributed by atoms with Crippen LogP contribution in [-0.2, 0) is 14.2 Å². The Morgan fingerprint density at radius 1 is 1.11 bits per heavy atom. The molecule has 1 atom stereocenters. The lowest BCUT2D eigenvalue weighted by Gasteiger charge is -2.12. The Morgan fingerprint density at radius 2 is 1.83 bits per heavy atom. The highest BCUT2D eigenvalue weighted by atomic mass is 16.5. The van der Waals surface area contributed by atoms with E-state index in [0.717, 1.165) is 11.1 Å². The van der Waals surface area contributed by atoms with Gasteiger partial charge in [-0.2, -0.15) is 0 Å². The summed E-state index contributed by atoms with van der Waals surface area (Å²) in [7, 11) is 1.64. The second-order valence-corrected chi connectivity index (χ2v) is 4.11. The number of aliphatic hydroxyl groups is 1. The van der Waals surface area contributed by atoms with Gasteiger partial charge in [0.05, 0.1) is 33.0 Å². The topological polar surface area (TPSA) is 47.9 Å². The molecule has 0 radical (unpaired) electrons. The maximum absolute atomic E-state index is 9.90. The number of ether oxygens (including phenoxy) is 3. The van der Waals surface area contributed by atoms with E-state index in [1.54, 1.807) is 7.11 Å². The zero-order chi connectivity index (χ0) is 13.2. The molecule has 1 N–H and O–H groups in total. The van der Waals surface area contributed by atoms with Gasteiger partial charge in [-0.25, -0.2) is 0 Å². The molecule has 1 unspecified atom stereocenters. The van der Waals surface area contributed by atoms with E-state index >= 15 is 0 Å². The van der Waals surface area contributed by atoms with Crippen molar-refractivity contribution in [3.63, 3.8) is 0 Å². The summed E-state index contributed by atoms with van der Waals surface area (Å²) in [5, 5.41) is 9.90. The smallest absolute Gasteiger partial charge is 0.102 e. The first-order valence-electron chi connectivity index (χ1n) is 6.13. The van der Waals surface area contributed by atoms with Gasteiger partial charge in [0.2, 0.25) is 0 Å². The minimum absolute atomic E-state index is 0.289. The van der Waals surface area contributed by atoms with Crippen molar-refractivity contribution in [3.8, 4) is 0 Å². The molecule has 0 saturated carbocycles. The minimum Gasteiger partial charge on any atom is -0.386 e. The van der Waals surface area contributed by atoms with Crippen LogP contribution in [0.3, 0.4) is 0 Å². The Balaban J connectivity index is 2.12. The lowest BCUT2D eigenvalue weighted by molar-refractivity contribution is -0.00591. The van der Waals surface area contributed by atoms with Crippen molar-refractivity contribution in [1.29, 1.82) is 0 Å². The van der Waals surface area contributed by atoms with Crippen LogP contribution in [0.5, 0.6) is 0 Å². The SMILES string of the molecule is COCCOCCOCC(O)c1cccc(C)c1. The number of methoxy groups -OCH3 is 1. The molecule has 4 nitrogen and oxygen atoms in total. The molecular weight excluding hydrogens is 232 g/mol. The van der Waals surface area contributed by atoms with Gasteiger partial charge in [0.1, 0.15) is 6.10 Å². The highest BCUT2D eigenvalue weighted by molar-refractivity contribution is 5.23. The van der Waals surface area contributed by atoms with E-state index in [1.165, 1.54) is 0 Å². The van der Waals surface area contributed by atoms with E-state index in [4.69, 9.17) is 14.2 Å². The number of hydrogen-bond donors (Lipinski definition) is 1. The predicted molar refractivity (Wildman–Crippen MR) is 69.7 cm³/mol. The maximum Gasteiger partial charge on any atom is 0.102 e. The molecule has 0 amide bonds. The van der Waals surface area contributed by atoms with Crippen molar-refractivity contribution in [3.05, 3.63) is 35.4 Å². The van der Waals surface area contributed by atoms with Crippen molar-refractivity contribution in [1.82, 2.24) is 0 Å². The van der Waals surface area contributed by atoms with Crippen LogP contribution >= 0.6 is 0 Å². The maximum atomic E-state index is 9.90. The number of benzene rings is 1. The monoisotopic (exact) mass is 254 g/mol. The van der Waals surface area contributed by atoms with E-state index in [1.807, 2.05) is 31.2 Å². The first-order valence-corrected chi connectivity index (χ1v) is 6.13. The fourth-order valence-corrected chi connectivity index (χ4v) is 1.53. The molecule has 0 aliphatic heterocycles. The molecule has 0 fully saturated rings. The van der Waals surface area contributed by atoms with Gasteiger partial charge in [0, 0.05) is 7.11 Å². The summed E-state index contributed by atoms with van der Waals surface area (Å²) in [6.45, 7) is 4.44. The molecule has 1 aromatic carbocycles. The quantitative estimate of drug-likeness (QED) is 0.681. The van der Waals surface area contributed by atoms with E-state index in [2.05, 4.69) is 0 Å². The molecule has 0 heterocycles. The number of rotatable bonds is 9. The van der Waals surface area contributed by atoms with Gasteiger partial charge in [-0.3, -0.25) is 0 Å². The summed E-state index contributed by atoms with van der Waals surface area (Å²) >= 11 is 0. The van der Waals surface area contributed by atoms with Crippen LogP contribution in [0.2, 0.25) is 0 Å². The standard InChI is InChI=1S/C14H22O4/c1-12-4-3-5-13(10-12)14(15)11-18-9-8-17-7-6-16-2/h3-5,10,14-15H,6-9,11H2,1-2H3. The molecule has 0 aromatic heterocycles. The molecule has 102 valence electrons. The average molecular weight is 254 g/mol. The van der Waals surface area contributed by atoms with Crippen LogP contribution in [0.25, 0.3) is 0 Å². The largest absolute Gasteiger partial charge is 0.386 e. The van der Waals surface area contributed by atoms with E-state index in [9.17, 15) is 5.11 Å². The van der Waals surface area contributed by atoms with E-state index < -0.39 is 6.10 Å². The summed E-state index contributed by atoms with van der Waals surface area (Å²) in [5.74, 6) is 0. The zero-order valence-corrected chi connectivity index (χ0v) is 11.1. The molecule has 0 bridgehead atoms. The molecule has 0 spiro atoms. The van der Waals surface area contributed by atoms with Gasteiger partial charge in [-0.15, -0.1) is 0 Å². The summed E-state index contributed by atoms with van der Waals surface area (Å²) in [6.07, 6.45) is -0.580. The fraction of sp³-hybridized carbons (Fsp3) is 0.571. The molecule has 0 saturated heterocycles. The lowest BCUT2D eigenvalue weighted by Crippen LogP contribution is -2.12. The van der Waals surface area contributed by atoms with Gasteiger partial charge >= 0.3 is 0 Å². The average Bonchev–Trinajstić information content (AvgIpc) is 2.37. The van der Waals surface area contributed by atoms with Crippen LogP contribution in [0, 0.1) is 6.92 Å². The van der Waals surface area contributed by atoms with Crippen molar-refractivity contribution in [2.75, 3.05) is 40.1 Å². The van der Waals surface area contributed by atoms with Crippen molar-refractivity contribution in [2.24, 2.45) is 0 Å². The highest BCUT2D eigenvalue weighted by Gasteiger charge is 2.07. The highest BCUT2D eigenvalue weighted by Crippen LogP contribution is 2.14.